The lowest BCUT2D eigenvalue weighted by Crippen LogP contribution is -1.98. The molecule has 0 aromatic heterocycles. The summed E-state index contributed by atoms with van der Waals surface area (Å²) in [7, 11) is 0. The molecule has 1 aliphatic heterocycles. The minimum atomic E-state index is 1.12. The normalized spacial score (nSPS) is 26.7. The highest BCUT2D eigenvalue weighted by molar-refractivity contribution is 5.15. The Kier molecular flexibility index (Phi) is 1.47. The molecule has 1 fully saturated rings. The Hall–Kier alpha value is -0.300. The van der Waals surface area contributed by atoms with Crippen LogP contribution in [0.3, 0.4) is 0 Å². The Morgan fingerprint density at radius 2 is 2.71 bits per heavy atom. The van der Waals surface area contributed by atoms with Crippen LogP contribution in [0.25, 0.3) is 0 Å². The van der Waals surface area contributed by atoms with Gasteiger partial charge in [-0.3, -0.25) is 0 Å². The third-order valence-corrected chi connectivity index (χ3v) is 1.22. The molecule has 0 aromatic carbocycles. The molecule has 0 aliphatic carbocycles. The van der Waals surface area contributed by atoms with Crippen molar-refractivity contribution in [3.05, 3.63) is 18.2 Å². The van der Waals surface area contributed by atoms with E-state index < -0.39 is 0 Å². The van der Waals surface area contributed by atoms with Gasteiger partial charge in [0.1, 0.15) is 0 Å². The van der Waals surface area contributed by atoms with E-state index in [0.717, 1.165) is 6.54 Å². The molecule has 1 rings (SSSR count). The van der Waals surface area contributed by atoms with Crippen molar-refractivity contribution >= 4 is 0 Å². The molecule has 1 nitrogen and oxygen atoms in total. The van der Waals surface area contributed by atoms with E-state index in [2.05, 4.69) is 24.9 Å². The van der Waals surface area contributed by atoms with Gasteiger partial charge in [-0.1, -0.05) is 11.6 Å². The van der Waals surface area contributed by atoms with Crippen LogP contribution in [-0.4, -0.2) is 6.54 Å². The van der Waals surface area contributed by atoms with Gasteiger partial charge in [0.05, 0.1) is 0 Å². The van der Waals surface area contributed by atoms with Crippen LogP contribution in [0.1, 0.15) is 13.3 Å². The Morgan fingerprint density at radius 3 is 3.00 bits per heavy atom. The molecule has 0 bridgehead atoms. The molecule has 1 aliphatic rings. The van der Waals surface area contributed by atoms with Crippen molar-refractivity contribution in [1.82, 2.24) is 5.32 Å². The van der Waals surface area contributed by atoms with Crippen molar-refractivity contribution in [2.45, 2.75) is 13.3 Å². The van der Waals surface area contributed by atoms with Crippen LogP contribution in [-0.2, 0) is 0 Å². The third-order valence-electron chi connectivity index (χ3n) is 1.22. The van der Waals surface area contributed by atoms with E-state index >= 15 is 0 Å². The van der Waals surface area contributed by atoms with Gasteiger partial charge < -0.3 is 5.32 Å². The SMILES string of the molecule is CC=C1[CH]NCC1. The van der Waals surface area contributed by atoms with Gasteiger partial charge in [-0.25, -0.2) is 0 Å². The number of rotatable bonds is 0. The molecule has 1 heterocycles. The van der Waals surface area contributed by atoms with Crippen molar-refractivity contribution in [3.63, 3.8) is 0 Å². The quantitative estimate of drug-likeness (QED) is 0.476. The molecule has 0 unspecified atom stereocenters. The Morgan fingerprint density at radius 1 is 1.86 bits per heavy atom. The lowest BCUT2D eigenvalue weighted by Gasteiger charge is -1.84. The molecule has 1 radical (unpaired) electrons. The maximum atomic E-state index is 3.13. The lowest BCUT2D eigenvalue weighted by molar-refractivity contribution is 0.912. The summed E-state index contributed by atoms with van der Waals surface area (Å²) in [6.45, 7) is 5.26. The fourth-order valence-corrected chi connectivity index (χ4v) is 0.720. The van der Waals surface area contributed by atoms with Gasteiger partial charge in [0, 0.05) is 6.54 Å². The van der Waals surface area contributed by atoms with Crippen molar-refractivity contribution in [3.8, 4) is 0 Å². The van der Waals surface area contributed by atoms with Crippen LogP contribution in [0.5, 0.6) is 0 Å². The molecule has 7 heavy (non-hydrogen) atoms. The van der Waals surface area contributed by atoms with Gasteiger partial charge in [0.15, 0.2) is 0 Å². The molecule has 1 heteroatoms. The van der Waals surface area contributed by atoms with Gasteiger partial charge >= 0.3 is 0 Å². The first-order valence-electron chi connectivity index (χ1n) is 2.65. The summed E-state index contributed by atoms with van der Waals surface area (Å²) in [5.41, 5.74) is 1.43. The summed E-state index contributed by atoms with van der Waals surface area (Å²) in [6.07, 6.45) is 3.34. The fourth-order valence-electron chi connectivity index (χ4n) is 0.720. The molecule has 0 amide bonds. The number of hydrogen-bond acceptors (Lipinski definition) is 1. The maximum Gasteiger partial charge on any atom is 0.0474 e. The Balaban J connectivity index is 2.41. The highest BCUT2D eigenvalue weighted by Gasteiger charge is 2.02. The van der Waals surface area contributed by atoms with Crippen molar-refractivity contribution in [1.29, 1.82) is 0 Å². The largest absolute Gasteiger partial charge is 0.308 e. The lowest BCUT2D eigenvalue weighted by atomic mass is 10.2. The second kappa shape index (κ2) is 2.12. The second-order valence-corrected chi connectivity index (χ2v) is 1.71. The van der Waals surface area contributed by atoms with E-state index in [4.69, 9.17) is 0 Å². The minimum absolute atomic E-state index is 1.12. The van der Waals surface area contributed by atoms with Gasteiger partial charge in [0.25, 0.3) is 0 Å². The molecule has 0 atom stereocenters. The van der Waals surface area contributed by atoms with Crippen LogP contribution in [0, 0.1) is 6.54 Å². The van der Waals surface area contributed by atoms with Gasteiger partial charge in [-0.05, 0) is 19.9 Å². The van der Waals surface area contributed by atoms with E-state index in [1.165, 1.54) is 12.0 Å². The average molecular weight is 96.2 g/mol. The van der Waals surface area contributed by atoms with Crippen LogP contribution in [0.2, 0.25) is 0 Å². The summed E-state index contributed by atoms with van der Waals surface area (Å²) in [6, 6.07) is 0. The molecule has 0 spiro atoms. The van der Waals surface area contributed by atoms with Crippen LogP contribution in [0.4, 0.5) is 0 Å². The first-order valence-corrected chi connectivity index (χ1v) is 2.65. The van der Waals surface area contributed by atoms with Crippen molar-refractivity contribution in [2.75, 3.05) is 6.54 Å². The van der Waals surface area contributed by atoms with E-state index in [1.54, 1.807) is 0 Å². The van der Waals surface area contributed by atoms with Crippen LogP contribution < -0.4 is 5.32 Å². The second-order valence-electron chi connectivity index (χ2n) is 1.71. The first kappa shape index (κ1) is 4.85. The predicted molar refractivity (Wildman–Crippen MR) is 30.7 cm³/mol. The molecular weight excluding hydrogens is 86.1 g/mol. The van der Waals surface area contributed by atoms with Crippen LogP contribution in [0.15, 0.2) is 11.6 Å². The molecule has 0 aromatic rings. The molecule has 1 N–H and O–H groups in total. The monoisotopic (exact) mass is 96.1 g/mol. The maximum absolute atomic E-state index is 3.13. The Labute approximate surface area is 44.4 Å². The summed E-state index contributed by atoms with van der Waals surface area (Å²) in [4.78, 5) is 0. The fraction of sp³-hybridized carbons (Fsp3) is 0.500. The number of allylic oxidation sites excluding steroid dienone is 1. The first-order chi connectivity index (χ1) is 3.43. The zero-order valence-electron chi connectivity index (χ0n) is 4.57. The number of nitrogens with one attached hydrogen (secondary N) is 1. The Bertz CT molecular complexity index is 76.2. The predicted octanol–water partition coefficient (Wildman–Crippen LogP) is 1.09. The number of hydrogen-bond donors (Lipinski definition) is 1. The third kappa shape index (κ3) is 1.03. The summed E-state index contributed by atoms with van der Waals surface area (Å²) < 4.78 is 0. The summed E-state index contributed by atoms with van der Waals surface area (Å²) >= 11 is 0. The van der Waals surface area contributed by atoms with E-state index in [9.17, 15) is 0 Å². The zero-order valence-corrected chi connectivity index (χ0v) is 4.57. The topological polar surface area (TPSA) is 12.0 Å². The highest BCUT2D eigenvalue weighted by Crippen LogP contribution is 2.07. The summed E-state index contributed by atoms with van der Waals surface area (Å²) in [5, 5.41) is 3.13. The standard InChI is InChI=1S/C6H10N/c1-2-6-3-4-7-5-6/h2,5,7H,3-4H2,1H3. The smallest absolute Gasteiger partial charge is 0.0474 e. The molecule has 1 saturated heterocycles. The van der Waals surface area contributed by atoms with Gasteiger partial charge in [-0.15, -0.1) is 0 Å². The highest BCUT2D eigenvalue weighted by atomic mass is 14.9. The van der Waals surface area contributed by atoms with Gasteiger partial charge in [0.2, 0.25) is 0 Å². The molecular formula is C6H10N. The van der Waals surface area contributed by atoms with Crippen molar-refractivity contribution in [2.24, 2.45) is 0 Å². The molecule has 0 saturated carbocycles. The van der Waals surface area contributed by atoms with E-state index in [-0.39, 0.29) is 0 Å². The molecule has 39 valence electrons. The summed E-state index contributed by atoms with van der Waals surface area (Å²) in [5.74, 6) is 0. The van der Waals surface area contributed by atoms with E-state index in [0.29, 0.717) is 0 Å². The van der Waals surface area contributed by atoms with Crippen molar-refractivity contribution < 1.29 is 0 Å². The van der Waals surface area contributed by atoms with Crippen LogP contribution >= 0.6 is 0 Å². The van der Waals surface area contributed by atoms with Gasteiger partial charge in [-0.2, -0.15) is 0 Å². The average Bonchev–Trinajstić information content (AvgIpc) is 2.14. The zero-order chi connectivity index (χ0) is 5.11. The minimum Gasteiger partial charge on any atom is -0.308 e. The van der Waals surface area contributed by atoms with E-state index in [1.807, 2.05) is 0 Å².